The maximum atomic E-state index is 6.12. The summed E-state index contributed by atoms with van der Waals surface area (Å²) in [5.41, 5.74) is 1.03. The van der Waals surface area contributed by atoms with E-state index in [1.165, 1.54) is 12.8 Å². The van der Waals surface area contributed by atoms with Gasteiger partial charge in [-0.1, -0.05) is 6.07 Å². The molecule has 0 unspecified atom stereocenters. The molecule has 0 amide bonds. The van der Waals surface area contributed by atoms with Gasteiger partial charge in [0.2, 0.25) is 5.88 Å². The zero-order chi connectivity index (χ0) is 20.0. The lowest BCUT2D eigenvalue weighted by Crippen LogP contribution is -2.41. The molecule has 166 valence electrons. The molecule has 0 aromatic carbocycles. The molecule has 0 radical (unpaired) electrons. The molecule has 0 bridgehead atoms. The molecule has 2 N–H and O–H groups in total. The van der Waals surface area contributed by atoms with E-state index < -0.39 is 0 Å². The third-order valence-corrected chi connectivity index (χ3v) is 4.86. The van der Waals surface area contributed by atoms with Crippen molar-refractivity contribution in [1.82, 2.24) is 20.5 Å². The molecule has 8 heteroatoms. The summed E-state index contributed by atoms with van der Waals surface area (Å²) in [6.07, 6.45) is 7.89. The van der Waals surface area contributed by atoms with E-state index in [9.17, 15) is 0 Å². The minimum absolute atomic E-state index is 0. The van der Waals surface area contributed by atoms with Crippen LogP contribution < -0.4 is 15.4 Å². The van der Waals surface area contributed by atoms with Gasteiger partial charge in [0, 0.05) is 51.7 Å². The van der Waals surface area contributed by atoms with Gasteiger partial charge in [0.25, 0.3) is 0 Å². The molecule has 1 saturated carbocycles. The number of rotatable bonds is 12. The second-order valence-electron chi connectivity index (χ2n) is 7.26. The van der Waals surface area contributed by atoms with Gasteiger partial charge in [-0.15, -0.1) is 24.0 Å². The van der Waals surface area contributed by atoms with Gasteiger partial charge in [-0.25, -0.2) is 9.98 Å². The number of hydrogen-bond donors (Lipinski definition) is 2. The van der Waals surface area contributed by atoms with Gasteiger partial charge in [0.05, 0.1) is 6.54 Å². The van der Waals surface area contributed by atoms with Gasteiger partial charge in [0.15, 0.2) is 5.96 Å². The summed E-state index contributed by atoms with van der Waals surface area (Å²) in [5, 5.41) is 6.72. The van der Waals surface area contributed by atoms with E-state index in [-0.39, 0.29) is 24.0 Å². The van der Waals surface area contributed by atoms with Crippen LogP contribution >= 0.6 is 24.0 Å². The smallest absolute Gasteiger partial charge is 0.218 e. The van der Waals surface area contributed by atoms with Crippen molar-refractivity contribution in [3.05, 3.63) is 23.9 Å². The SMILES string of the molecule is CCNC(=NCc1cccnc1OC1CCCC1)NCCN(C)CCCOC.I. The van der Waals surface area contributed by atoms with Crippen LogP contribution in [0.1, 0.15) is 44.6 Å². The number of methoxy groups -OCH3 is 1. The lowest BCUT2D eigenvalue weighted by Gasteiger charge is -2.18. The zero-order valence-electron chi connectivity index (χ0n) is 18.2. The quantitative estimate of drug-likeness (QED) is 0.192. The predicted octanol–water partition coefficient (Wildman–Crippen LogP) is 3.04. The van der Waals surface area contributed by atoms with Crippen molar-refractivity contribution in [2.24, 2.45) is 4.99 Å². The van der Waals surface area contributed by atoms with Crippen LogP contribution in [0.5, 0.6) is 5.88 Å². The largest absolute Gasteiger partial charge is 0.474 e. The van der Waals surface area contributed by atoms with Crippen LogP contribution in [0.2, 0.25) is 0 Å². The highest BCUT2D eigenvalue weighted by Crippen LogP contribution is 2.25. The molecule has 0 saturated heterocycles. The molecule has 0 aliphatic heterocycles. The Labute approximate surface area is 193 Å². The number of halogens is 1. The van der Waals surface area contributed by atoms with Crippen molar-refractivity contribution in [3.8, 4) is 5.88 Å². The predicted molar refractivity (Wildman–Crippen MR) is 129 cm³/mol. The standard InChI is InChI=1S/C21H37N5O2.HI/c1-4-22-21(24-13-15-26(2)14-8-16-27-3)25-17-18-9-7-12-23-20(18)28-19-10-5-6-11-19;/h7,9,12,19H,4-6,8,10-11,13-17H2,1-3H3,(H2,22,24,25);1H. The van der Waals surface area contributed by atoms with Gasteiger partial charge in [-0.2, -0.15) is 0 Å². The van der Waals surface area contributed by atoms with Crippen molar-refractivity contribution in [1.29, 1.82) is 0 Å². The first-order chi connectivity index (χ1) is 13.7. The topological polar surface area (TPSA) is 71.0 Å². The van der Waals surface area contributed by atoms with E-state index in [2.05, 4.69) is 34.5 Å². The molecule has 29 heavy (non-hydrogen) atoms. The minimum atomic E-state index is 0. The Bertz CT molecular complexity index is 582. The Hall–Kier alpha value is -1.13. The van der Waals surface area contributed by atoms with Gasteiger partial charge in [-0.3, -0.25) is 0 Å². The number of nitrogens with one attached hydrogen (secondary N) is 2. The Balaban J connectivity index is 0.00000420. The lowest BCUT2D eigenvalue weighted by molar-refractivity contribution is 0.180. The first-order valence-electron chi connectivity index (χ1n) is 10.5. The summed E-state index contributed by atoms with van der Waals surface area (Å²) < 4.78 is 11.2. The lowest BCUT2D eigenvalue weighted by atomic mass is 10.2. The minimum Gasteiger partial charge on any atom is -0.474 e. The number of nitrogens with zero attached hydrogens (tertiary/aromatic N) is 3. The molecule has 1 fully saturated rings. The third-order valence-electron chi connectivity index (χ3n) is 4.86. The number of pyridine rings is 1. The van der Waals surface area contributed by atoms with Gasteiger partial charge < -0.3 is 25.0 Å². The monoisotopic (exact) mass is 519 g/mol. The molecule has 1 aliphatic carbocycles. The number of aromatic nitrogens is 1. The Kier molecular flexibility index (Phi) is 14.0. The van der Waals surface area contributed by atoms with Gasteiger partial charge in [0.1, 0.15) is 6.10 Å². The number of likely N-dealkylation sites (N-methyl/N-ethyl adjacent to an activating group) is 1. The molecular formula is C21H38IN5O2. The molecule has 1 heterocycles. The highest BCUT2D eigenvalue weighted by atomic mass is 127. The van der Waals surface area contributed by atoms with Crippen LogP contribution in [0.25, 0.3) is 0 Å². The normalized spacial score (nSPS) is 14.7. The van der Waals surface area contributed by atoms with Crippen molar-refractivity contribution < 1.29 is 9.47 Å². The van der Waals surface area contributed by atoms with E-state index in [0.717, 1.165) is 69.5 Å². The van der Waals surface area contributed by atoms with Gasteiger partial charge in [-0.05, 0) is 52.1 Å². The molecule has 1 aromatic heterocycles. The zero-order valence-corrected chi connectivity index (χ0v) is 20.5. The fourth-order valence-electron chi connectivity index (χ4n) is 3.28. The van der Waals surface area contributed by atoms with Gasteiger partial charge >= 0.3 is 0 Å². The number of ether oxygens (including phenoxy) is 2. The van der Waals surface area contributed by atoms with E-state index in [4.69, 9.17) is 14.5 Å². The Morgan fingerprint density at radius 3 is 2.79 bits per heavy atom. The number of guanidine groups is 1. The first kappa shape index (κ1) is 25.9. The summed E-state index contributed by atoms with van der Waals surface area (Å²) in [7, 11) is 3.87. The van der Waals surface area contributed by atoms with Crippen molar-refractivity contribution in [3.63, 3.8) is 0 Å². The molecule has 0 atom stereocenters. The third kappa shape index (κ3) is 10.5. The Morgan fingerprint density at radius 2 is 2.07 bits per heavy atom. The average molecular weight is 519 g/mol. The maximum Gasteiger partial charge on any atom is 0.218 e. The maximum absolute atomic E-state index is 6.12. The molecule has 1 aliphatic rings. The fraction of sp³-hybridized carbons (Fsp3) is 0.714. The molecule has 2 rings (SSSR count). The number of aliphatic imine (C=N–C) groups is 1. The molecule has 7 nitrogen and oxygen atoms in total. The van der Waals surface area contributed by atoms with Crippen LogP contribution in [-0.4, -0.2) is 68.9 Å². The highest BCUT2D eigenvalue weighted by molar-refractivity contribution is 14.0. The average Bonchev–Trinajstić information content (AvgIpc) is 3.20. The van der Waals surface area contributed by atoms with Crippen LogP contribution in [0.4, 0.5) is 0 Å². The second-order valence-corrected chi connectivity index (χ2v) is 7.26. The van der Waals surface area contributed by atoms with Crippen molar-refractivity contribution in [2.75, 3.05) is 46.9 Å². The second kappa shape index (κ2) is 15.7. The molecular weight excluding hydrogens is 481 g/mol. The van der Waals surface area contributed by atoms with E-state index in [1.807, 2.05) is 12.1 Å². The summed E-state index contributed by atoms with van der Waals surface area (Å²) in [6.45, 7) is 7.08. The summed E-state index contributed by atoms with van der Waals surface area (Å²) in [6, 6.07) is 4.00. The van der Waals surface area contributed by atoms with Crippen LogP contribution in [0.3, 0.4) is 0 Å². The van der Waals surface area contributed by atoms with Crippen LogP contribution in [-0.2, 0) is 11.3 Å². The van der Waals surface area contributed by atoms with E-state index in [1.54, 1.807) is 13.3 Å². The fourth-order valence-corrected chi connectivity index (χ4v) is 3.28. The summed E-state index contributed by atoms with van der Waals surface area (Å²) >= 11 is 0. The molecule has 0 spiro atoms. The summed E-state index contributed by atoms with van der Waals surface area (Å²) in [5.74, 6) is 1.55. The van der Waals surface area contributed by atoms with Crippen molar-refractivity contribution >= 4 is 29.9 Å². The molecule has 1 aromatic rings. The number of hydrogen-bond acceptors (Lipinski definition) is 5. The first-order valence-corrected chi connectivity index (χ1v) is 10.5. The van der Waals surface area contributed by atoms with Crippen molar-refractivity contribution in [2.45, 2.75) is 51.7 Å². The Morgan fingerprint density at radius 1 is 1.28 bits per heavy atom. The summed E-state index contributed by atoms with van der Waals surface area (Å²) in [4.78, 5) is 11.5. The van der Waals surface area contributed by atoms with E-state index in [0.29, 0.717) is 12.6 Å². The van der Waals surface area contributed by atoms with Crippen LogP contribution in [0, 0.1) is 0 Å². The van der Waals surface area contributed by atoms with E-state index >= 15 is 0 Å². The highest BCUT2D eigenvalue weighted by Gasteiger charge is 2.18. The van der Waals surface area contributed by atoms with Crippen LogP contribution in [0.15, 0.2) is 23.3 Å².